The number of pyridine rings is 1. The predicted octanol–water partition coefficient (Wildman–Crippen LogP) is 4.59. The monoisotopic (exact) mass is 551 g/mol. The van der Waals surface area contributed by atoms with E-state index in [1.807, 2.05) is 6.07 Å². The van der Waals surface area contributed by atoms with Crippen LogP contribution in [0.25, 0.3) is 16.7 Å². The smallest absolute Gasteiger partial charge is 0.211 e. The normalized spacial score (nSPS) is 15.2. The van der Waals surface area contributed by atoms with E-state index in [9.17, 15) is 12.8 Å². The second-order valence-electron chi connectivity index (χ2n) is 9.83. The summed E-state index contributed by atoms with van der Waals surface area (Å²) in [5.74, 6) is 0.546. The molecule has 2 aromatic heterocycles. The highest BCUT2D eigenvalue weighted by molar-refractivity contribution is 7.89. The van der Waals surface area contributed by atoms with Crippen molar-refractivity contribution in [3.63, 3.8) is 0 Å². The Labute approximate surface area is 223 Å². The highest BCUT2D eigenvalue weighted by atomic mass is 35.5. The Hall–Kier alpha value is -2.27. The maximum absolute atomic E-state index is 13.7. The molecular weight excluding hydrogens is 517 g/mol. The topological polar surface area (TPSA) is 89.3 Å². The van der Waals surface area contributed by atoms with Crippen molar-refractivity contribution in [3.05, 3.63) is 47.5 Å². The molecule has 0 unspecified atom stereocenters. The van der Waals surface area contributed by atoms with E-state index < -0.39 is 10.0 Å². The van der Waals surface area contributed by atoms with Crippen molar-refractivity contribution < 1.29 is 17.5 Å². The minimum atomic E-state index is -3.49. The molecule has 11 heteroatoms. The summed E-state index contributed by atoms with van der Waals surface area (Å²) in [6.07, 6.45) is 2.38. The highest BCUT2D eigenvalue weighted by Crippen LogP contribution is 2.36. The van der Waals surface area contributed by atoms with E-state index in [0.717, 1.165) is 49.3 Å². The Kier molecular flexibility index (Phi) is 9.05. The Bertz CT molecular complexity index is 1310. The van der Waals surface area contributed by atoms with Crippen molar-refractivity contribution in [3.8, 4) is 5.69 Å². The second kappa shape index (κ2) is 12.1. The number of ether oxygens (including phenoxy) is 1. The fourth-order valence-corrected chi connectivity index (χ4v) is 6.08. The van der Waals surface area contributed by atoms with Crippen LogP contribution in [-0.4, -0.2) is 61.6 Å². The highest BCUT2D eigenvalue weighted by Gasteiger charge is 2.26. The van der Waals surface area contributed by atoms with E-state index in [1.165, 1.54) is 12.1 Å². The number of sulfonamides is 1. The lowest BCUT2D eigenvalue weighted by atomic mass is 9.96. The molecule has 0 radical (unpaired) electrons. The number of fused-ring (bicyclic) bond motifs is 1. The van der Waals surface area contributed by atoms with Crippen molar-refractivity contribution in [2.24, 2.45) is 5.92 Å². The number of alkyl halides is 1. The van der Waals surface area contributed by atoms with Crippen LogP contribution in [0.3, 0.4) is 0 Å². The zero-order valence-electron chi connectivity index (χ0n) is 21.6. The summed E-state index contributed by atoms with van der Waals surface area (Å²) in [5, 5.41) is 5.85. The number of hydrogen-bond acceptors (Lipinski definition) is 6. The molecule has 0 bridgehead atoms. The third-order valence-electron chi connectivity index (χ3n) is 6.69. The third kappa shape index (κ3) is 6.60. The van der Waals surface area contributed by atoms with Gasteiger partial charge in [-0.15, -0.1) is 11.6 Å². The van der Waals surface area contributed by atoms with Gasteiger partial charge in [0.25, 0.3) is 0 Å². The van der Waals surface area contributed by atoms with Crippen molar-refractivity contribution in [1.29, 1.82) is 0 Å². The Balaban J connectivity index is 1.80. The molecule has 1 fully saturated rings. The molecule has 202 valence electrons. The molecule has 0 saturated carbocycles. The number of methoxy groups -OCH3 is 1. The summed E-state index contributed by atoms with van der Waals surface area (Å²) in [6, 6.07) is 8.12. The molecule has 0 spiro atoms. The molecule has 3 aromatic rings. The summed E-state index contributed by atoms with van der Waals surface area (Å²) >= 11 is 5.69. The fourth-order valence-electron chi connectivity index (χ4n) is 4.76. The molecule has 1 aliphatic rings. The maximum atomic E-state index is 13.7. The van der Waals surface area contributed by atoms with Gasteiger partial charge in [0.15, 0.2) is 5.65 Å². The van der Waals surface area contributed by atoms with Crippen molar-refractivity contribution in [2.45, 2.75) is 45.6 Å². The first-order valence-corrected chi connectivity index (χ1v) is 14.9. The van der Waals surface area contributed by atoms with Crippen molar-refractivity contribution in [2.75, 3.05) is 43.3 Å². The van der Waals surface area contributed by atoms with Gasteiger partial charge in [-0.25, -0.2) is 27.2 Å². The van der Waals surface area contributed by atoms with Crippen molar-refractivity contribution in [1.82, 2.24) is 19.5 Å². The SMILES string of the molecule is COCC1CCN(c2cc(CNS(=O)(=O)CCCCl)nc3c2c(C(C)C)nn3-c2ccc(F)cc2)CC1. The largest absolute Gasteiger partial charge is 0.384 e. The van der Waals surface area contributed by atoms with Gasteiger partial charge in [0.05, 0.1) is 40.4 Å². The number of halogens is 2. The lowest BCUT2D eigenvalue weighted by molar-refractivity contribution is 0.139. The van der Waals surface area contributed by atoms with Crippen LogP contribution in [0.1, 0.15) is 50.4 Å². The van der Waals surface area contributed by atoms with Crippen LogP contribution in [-0.2, 0) is 21.3 Å². The van der Waals surface area contributed by atoms with Gasteiger partial charge in [-0.3, -0.25) is 0 Å². The first kappa shape index (κ1) is 27.8. The average molecular weight is 552 g/mol. The van der Waals surface area contributed by atoms with E-state index in [0.29, 0.717) is 29.4 Å². The molecule has 0 amide bonds. The quantitative estimate of drug-likeness (QED) is 0.350. The first-order valence-electron chi connectivity index (χ1n) is 12.7. The molecule has 1 N–H and O–H groups in total. The number of hydrogen-bond donors (Lipinski definition) is 1. The lowest BCUT2D eigenvalue weighted by Crippen LogP contribution is -2.35. The van der Waals surface area contributed by atoms with Crippen molar-refractivity contribution >= 4 is 38.3 Å². The molecule has 4 rings (SSSR count). The van der Waals surface area contributed by atoms with E-state index in [2.05, 4.69) is 23.5 Å². The molecule has 1 aromatic carbocycles. The molecule has 0 atom stereocenters. The van der Waals surface area contributed by atoms with Gasteiger partial charge in [0.1, 0.15) is 5.82 Å². The second-order valence-corrected chi connectivity index (χ2v) is 12.1. The van der Waals surface area contributed by atoms with E-state index in [-0.39, 0.29) is 29.9 Å². The number of anilines is 1. The maximum Gasteiger partial charge on any atom is 0.211 e. The fraction of sp³-hybridized carbons (Fsp3) is 0.538. The first-order chi connectivity index (χ1) is 17.7. The van der Waals surface area contributed by atoms with E-state index in [4.69, 9.17) is 26.4 Å². The van der Waals surface area contributed by atoms with E-state index >= 15 is 0 Å². The Morgan fingerprint density at radius 1 is 1.22 bits per heavy atom. The number of nitrogens with one attached hydrogen (secondary N) is 1. The standard InChI is InChI=1S/C26H35ClFN5O3S/c1-18(2)25-24-23(32-12-9-19(10-13-32)17-36-3)15-21(16-29-37(34,35)14-4-11-27)30-26(24)33(31-25)22-7-5-20(28)6-8-22/h5-8,15,18-19,29H,4,9-14,16-17H2,1-3H3. The lowest BCUT2D eigenvalue weighted by Gasteiger charge is -2.34. The summed E-state index contributed by atoms with van der Waals surface area (Å²) in [7, 11) is -1.75. The Morgan fingerprint density at radius 3 is 2.54 bits per heavy atom. The number of aromatic nitrogens is 3. The van der Waals surface area contributed by atoms with Gasteiger partial charge in [-0.1, -0.05) is 13.8 Å². The number of benzene rings is 1. The third-order valence-corrected chi connectivity index (χ3v) is 8.37. The predicted molar refractivity (Wildman–Crippen MR) is 146 cm³/mol. The summed E-state index contributed by atoms with van der Waals surface area (Å²) in [4.78, 5) is 7.20. The summed E-state index contributed by atoms with van der Waals surface area (Å²) in [5.41, 5.74) is 3.80. The Morgan fingerprint density at radius 2 is 1.92 bits per heavy atom. The van der Waals surface area contributed by atoms with Gasteiger partial charge >= 0.3 is 0 Å². The molecule has 0 aliphatic carbocycles. The summed E-state index contributed by atoms with van der Waals surface area (Å²) < 4.78 is 48.3. The van der Waals surface area contributed by atoms with Gasteiger partial charge in [-0.2, -0.15) is 5.10 Å². The number of piperidine rings is 1. The van der Waals surface area contributed by atoms with Crippen LogP contribution in [0.2, 0.25) is 0 Å². The van der Waals surface area contributed by atoms with Crippen LogP contribution < -0.4 is 9.62 Å². The molecule has 8 nitrogen and oxygen atoms in total. The zero-order valence-corrected chi connectivity index (χ0v) is 23.2. The minimum Gasteiger partial charge on any atom is -0.384 e. The molecule has 3 heterocycles. The number of rotatable bonds is 11. The molecule has 1 aliphatic heterocycles. The molecular formula is C26H35ClFN5O3S. The number of nitrogens with zero attached hydrogens (tertiary/aromatic N) is 4. The van der Waals surface area contributed by atoms with Crippen LogP contribution in [0.4, 0.5) is 10.1 Å². The van der Waals surface area contributed by atoms with Gasteiger partial charge in [0, 0.05) is 32.7 Å². The van der Waals surface area contributed by atoms with Crippen LogP contribution in [0, 0.1) is 11.7 Å². The van der Waals surface area contributed by atoms with Crippen LogP contribution in [0.15, 0.2) is 30.3 Å². The zero-order chi connectivity index (χ0) is 26.6. The van der Waals surface area contributed by atoms with Gasteiger partial charge in [-0.05, 0) is 61.4 Å². The summed E-state index contributed by atoms with van der Waals surface area (Å²) in [6.45, 7) is 6.68. The molecule has 1 saturated heterocycles. The van der Waals surface area contributed by atoms with E-state index in [1.54, 1.807) is 23.9 Å². The van der Waals surface area contributed by atoms with Crippen LogP contribution in [0.5, 0.6) is 0 Å². The minimum absolute atomic E-state index is 0.0381. The average Bonchev–Trinajstić information content (AvgIpc) is 3.27. The molecule has 37 heavy (non-hydrogen) atoms. The van der Waals surface area contributed by atoms with Gasteiger partial charge < -0.3 is 9.64 Å². The van der Waals surface area contributed by atoms with Crippen LogP contribution >= 0.6 is 11.6 Å². The van der Waals surface area contributed by atoms with Gasteiger partial charge in [0.2, 0.25) is 10.0 Å².